The van der Waals surface area contributed by atoms with E-state index >= 15 is 0 Å². The molecule has 0 aromatic carbocycles. The van der Waals surface area contributed by atoms with Crippen LogP contribution in [0.3, 0.4) is 0 Å². The number of aliphatic hydroxyl groups is 1. The molecule has 1 unspecified atom stereocenters. The number of unbranched alkanes of at least 4 members (excludes halogenated alkanes) is 1. The van der Waals surface area contributed by atoms with Crippen molar-refractivity contribution in [3.05, 3.63) is 0 Å². The van der Waals surface area contributed by atoms with Crippen LogP contribution in [0.4, 0.5) is 13.2 Å². The second kappa shape index (κ2) is 7.09. The number of hydrogen-bond donors (Lipinski definition) is 1. The lowest BCUT2D eigenvalue weighted by molar-refractivity contribution is -0.205. The van der Waals surface area contributed by atoms with Crippen molar-refractivity contribution in [1.29, 1.82) is 0 Å². The zero-order valence-electron chi connectivity index (χ0n) is 9.48. The number of halogens is 3. The predicted octanol–water partition coefficient (Wildman–Crippen LogP) is 3.91. The highest BCUT2D eigenvalue weighted by Gasteiger charge is 2.37. The third kappa shape index (κ3) is 6.77. The topological polar surface area (TPSA) is 20.2 Å². The van der Waals surface area contributed by atoms with Gasteiger partial charge in [-0.25, -0.2) is 0 Å². The highest BCUT2D eigenvalue weighted by atomic mass is 19.4. The summed E-state index contributed by atoms with van der Waals surface area (Å²) in [5, 5.41) is 8.74. The van der Waals surface area contributed by atoms with Crippen LogP contribution in [0, 0.1) is 5.92 Å². The van der Waals surface area contributed by atoms with Crippen LogP contribution in [0.25, 0.3) is 0 Å². The van der Waals surface area contributed by atoms with E-state index in [1.54, 1.807) is 0 Å². The van der Waals surface area contributed by atoms with E-state index in [9.17, 15) is 13.2 Å². The molecular formula is C11H21F3O. The number of rotatable bonds is 7. The van der Waals surface area contributed by atoms with Crippen LogP contribution < -0.4 is 0 Å². The van der Waals surface area contributed by atoms with Crippen LogP contribution in [0.1, 0.15) is 52.4 Å². The Bertz CT molecular complexity index is 152. The average molecular weight is 226 g/mol. The van der Waals surface area contributed by atoms with E-state index in [-0.39, 0.29) is 6.42 Å². The molecule has 92 valence electrons. The first-order chi connectivity index (χ1) is 6.91. The lowest BCUT2D eigenvalue weighted by atomic mass is 9.95. The molecule has 0 aromatic heterocycles. The molecule has 1 N–H and O–H groups in total. The van der Waals surface area contributed by atoms with Crippen molar-refractivity contribution in [2.24, 2.45) is 5.92 Å². The molecule has 1 atom stereocenters. The molecule has 0 rings (SSSR count). The molecule has 0 amide bonds. The van der Waals surface area contributed by atoms with Crippen molar-refractivity contribution >= 4 is 0 Å². The fraction of sp³-hybridized carbons (Fsp3) is 1.00. The summed E-state index contributed by atoms with van der Waals surface area (Å²) in [6.07, 6.45) is -2.39. The van der Waals surface area contributed by atoms with E-state index in [1.165, 1.54) is 0 Å². The van der Waals surface area contributed by atoms with Gasteiger partial charge in [-0.2, -0.15) is 13.2 Å². The van der Waals surface area contributed by atoms with E-state index in [0.29, 0.717) is 12.3 Å². The predicted molar refractivity (Wildman–Crippen MR) is 54.6 cm³/mol. The van der Waals surface area contributed by atoms with Crippen LogP contribution in [0.5, 0.6) is 0 Å². The monoisotopic (exact) mass is 226 g/mol. The Morgan fingerprint density at radius 1 is 1.00 bits per heavy atom. The average Bonchev–Trinajstić information content (AvgIpc) is 2.16. The van der Waals surface area contributed by atoms with Crippen LogP contribution in [0.15, 0.2) is 0 Å². The van der Waals surface area contributed by atoms with Gasteiger partial charge >= 0.3 is 6.18 Å². The highest BCUT2D eigenvalue weighted by molar-refractivity contribution is 4.65. The maximum atomic E-state index is 11.9. The Labute approximate surface area is 89.7 Å². The Hall–Kier alpha value is -0.250. The summed E-state index contributed by atoms with van der Waals surface area (Å²) in [6, 6.07) is 0. The van der Waals surface area contributed by atoms with Crippen molar-refractivity contribution in [3.63, 3.8) is 0 Å². The summed E-state index contributed by atoms with van der Waals surface area (Å²) < 4.78 is 35.8. The molecular weight excluding hydrogens is 205 g/mol. The maximum Gasteiger partial charge on any atom is 0.414 e. The molecule has 0 aromatic rings. The van der Waals surface area contributed by atoms with E-state index in [0.717, 1.165) is 25.7 Å². The SMILES string of the molecule is CCC(CC)CCCCC(O)C(F)(F)F. The number of alkyl halides is 3. The fourth-order valence-electron chi connectivity index (χ4n) is 1.63. The van der Waals surface area contributed by atoms with Gasteiger partial charge in [-0.3, -0.25) is 0 Å². The summed E-state index contributed by atoms with van der Waals surface area (Å²) >= 11 is 0. The smallest absolute Gasteiger partial charge is 0.384 e. The molecule has 0 aliphatic heterocycles. The van der Waals surface area contributed by atoms with Crippen LogP contribution in [-0.2, 0) is 0 Å². The first kappa shape index (κ1) is 14.8. The van der Waals surface area contributed by atoms with Crippen molar-refractivity contribution in [2.75, 3.05) is 0 Å². The van der Waals surface area contributed by atoms with Crippen molar-refractivity contribution in [3.8, 4) is 0 Å². The van der Waals surface area contributed by atoms with E-state index < -0.39 is 12.3 Å². The third-order valence-electron chi connectivity index (χ3n) is 2.87. The van der Waals surface area contributed by atoms with Gasteiger partial charge in [0, 0.05) is 0 Å². The summed E-state index contributed by atoms with van der Waals surface area (Å²) in [7, 11) is 0. The van der Waals surface area contributed by atoms with Gasteiger partial charge in [-0.15, -0.1) is 0 Å². The molecule has 0 saturated carbocycles. The van der Waals surface area contributed by atoms with Gasteiger partial charge in [0.1, 0.15) is 6.10 Å². The van der Waals surface area contributed by atoms with Crippen LogP contribution >= 0.6 is 0 Å². The van der Waals surface area contributed by atoms with Gasteiger partial charge in [0.2, 0.25) is 0 Å². The van der Waals surface area contributed by atoms with E-state index in [1.807, 2.05) is 0 Å². The minimum absolute atomic E-state index is 0.163. The molecule has 0 aliphatic rings. The molecule has 0 heterocycles. The molecule has 0 bridgehead atoms. The van der Waals surface area contributed by atoms with Gasteiger partial charge in [-0.05, 0) is 12.3 Å². The Morgan fingerprint density at radius 3 is 1.87 bits per heavy atom. The van der Waals surface area contributed by atoms with Crippen molar-refractivity contribution in [2.45, 2.75) is 64.7 Å². The molecule has 0 saturated heterocycles. The summed E-state index contributed by atoms with van der Waals surface area (Å²) in [5.74, 6) is 0.619. The zero-order chi connectivity index (χ0) is 11.9. The number of hydrogen-bond acceptors (Lipinski definition) is 1. The van der Waals surface area contributed by atoms with Gasteiger partial charge in [0.15, 0.2) is 0 Å². The normalized spacial score (nSPS) is 14.6. The lowest BCUT2D eigenvalue weighted by Gasteiger charge is -2.15. The summed E-state index contributed by atoms with van der Waals surface area (Å²) in [6.45, 7) is 4.19. The molecule has 0 spiro atoms. The summed E-state index contributed by atoms with van der Waals surface area (Å²) in [4.78, 5) is 0. The second-order valence-corrected chi connectivity index (χ2v) is 4.02. The lowest BCUT2D eigenvalue weighted by Crippen LogP contribution is -2.28. The first-order valence-electron chi connectivity index (χ1n) is 5.66. The van der Waals surface area contributed by atoms with E-state index in [2.05, 4.69) is 13.8 Å². The van der Waals surface area contributed by atoms with Crippen molar-refractivity contribution < 1.29 is 18.3 Å². The number of aliphatic hydroxyl groups excluding tert-OH is 1. The third-order valence-corrected chi connectivity index (χ3v) is 2.87. The van der Waals surface area contributed by atoms with Gasteiger partial charge in [0.25, 0.3) is 0 Å². The quantitative estimate of drug-likeness (QED) is 0.652. The first-order valence-corrected chi connectivity index (χ1v) is 5.66. The standard InChI is InChI=1S/C11H21F3O/c1-3-9(4-2)7-5-6-8-10(15)11(12,13)14/h9-10,15H,3-8H2,1-2H3. The van der Waals surface area contributed by atoms with Gasteiger partial charge < -0.3 is 5.11 Å². The minimum atomic E-state index is -4.45. The molecule has 4 heteroatoms. The molecule has 15 heavy (non-hydrogen) atoms. The molecule has 0 radical (unpaired) electrons. The second-order valence-electron chi connectivity index (χ2n) is 4.02. The van der Waals surface area contributed by atoms with Gasteiger partial charge in [0.05, 0.1) is 0 Å². The molecule has 0 fully saturated rings. The van der Waals surface area contributed by atoms with Gasteiger partial charge in [-0.1, -0.05) is 46.0 Å². The van der Waals surface area contributed by atoms with Crippen molar-refractivity contribution in [1.82, 2.24) is 0 Å². The van der Waals surface area contributed by atoms with E-state index in [4.69, 9.17) is 5.11 Å². The fourth-order valence-corrected chi connectivity index (χ4v) is 1.63. The Morgan fingerprint density at radius 2 is 1.47 bits per heavy atom. The summed E-state index contributed by atoms with van der Waals surface area (Å²) in [5.41, 5.74) is 0. The largest absolute Gasteiger partial charge is 0.414 e. The molecule has 1 nitrogen and oxygen atoms in total. The Balaban J connectivity index is 3.54. The molecule has 0 aliphatic carbocycles. The minimum Gasteiger partial charge on any atom is -0.384 e. The zero-order valence-corrected chi connectivity index (χ0v) is 9.48. The maximum absolute atomic E-state index is 11.9. The highest BCUT2D eigenvalue weighted by Crippen LogP contribution is 2.24. The van der Waals surface area contributed by atoms with Crippen LogP contribution in [0.2, 0.25) is 0 Å². The van der Waals surface area contributed by atoms with Crippen LogP contribution in [-0.4, -0.2) is 17.4 Å². The Kier molecular flexibility index (Phi) is 6.98.